The number of carbonyl (C=O) groups is 2. The van der Waals surface area contributed by atoms with E-state index in [9.17, 15) is 14.7 Å². The number of rotatable bonds is 4. The maximum atomic E-state index is 12.9. The molecular weight excluding hydrogens is 280 g/mol. The topological polar surface area (TPSA) is 78.9 Å². The zero-order valence-electron chi connectivity index (χ0n) is 11.8. The predicted molar refractivity (Wildman–Crippen MR) is 76.9 cm³/mol. The van der Waals surface area contributed by atoms with E-state index in [0.717, 1.165) is 18.8 Å². The quantitative estimate of drug-likeness (QED) is 0.763. The van der Waals surface area contributed by atoms with Crippen molar-refractivity contribution in [3.63, 3.8) is 0 Å². The monoisotopic (exact) mass is 302 g/mol. The van der Waals surface area contributed by atoms with Crippen molar-refractivity contribution in [1.82, 2.24) is 10.2 Å². The SMILES string of the molecule is COCC1(C(=O)N2CCSCC2C(=O)O)CCNCC1. The predicted octanol–water partition coefficient (Wildman–Crippen LogP) is 0.0312. The Bertz CT molecular complexity index is 366. The Kier molecular flexibility index (Phi) is 5.29. The molecule has 0 aromatic rings. The van der Waals surface area contributed by atoms with Gasteiger partial charge in [-0.05, 0) is 25.9 Å². The van der Waals surface area contributed by atoms with E-state index in [1.807, 2.05) is 0 Å². The van der Waals surface area contributed by atoms with Crippen molar-refractivity contribution < 1.29 is 19.4 Å². The number of thioether (sulfide) groups is 1. The minimum atomic E-state index is -0.910. The summed E-state index contributed by atoms with van der Waals surface area (Å²) in [6.07, 6.45) is 1.41. The molecular formula is C13H22N2O4S. The minimum absolute atomic E-state index is 0.0476. The molecule has 1 unspecified atom stereocenters. The van der Waals surface area contributed by atoms with E-state index in [1.54, 1.807) is 23.8 Å². The number of carbonyl (C=O) groups excluding carboxylic acids is 1. The highest BCUT2D eigenvalue weighted by molar-refractivity contribution is 7.99. The lowest BCUT2D eigenvalue weighted by Gasteiger charge is -2.42. The van der Waals surface area contributed by atoms with Gasteiger partial charge < -0.3 is 20.1 Å². The van der Waals surface area contributed by atoms with E-state index in [1.165, 1.54) is 0 Å². The van der Waals surface area contributed by atoms with Crippen LogP contribution in [0.5, 0.6) is 0 Å². The normalized spacial score (nSPS) is 26.2. The van der Waals surface area contributed by atoms with Crippen molar-refractivity contribution in [3.05, 3.63) is 0 Å². The first kappa shape index (κ1) is 15.6. The molecule has 0 aromatic heterocycles. The summed E-state index contributed by atoms with van der Waals surface area (Å²) in [5.41, 5.74) is -0.560. The summed E-state index contributed by atoms with van der Waals surface area (Å²) in [4.78, 5) is 25.8. The molecule has 2 fully saturated rings. The molecule has 2 N–H and O–H groups in total. The third kappa shape index (κ3) is 3.10. The van der Waals surface area contributed by atoms with Gasteiger partial charge in [-0.15, -0.1) is 0 Å². The van der Waals surface area contributed by atoms with E-state index < -0.39 is 17.4 Å². The van der Waals surface area contributed by atoms with Gasteiger partial charge in [0, 0.05) is 25.2 Å². The minimum Gasteiger partial charge on any atom is -0.480 e. The lowest BCUT2D eigenvalue weighted by molar-refractivity contribution is -0.157. The van der Waals surface area contributed by atoms with Gasteiger partial charge in [-0.3, -0.25) is 4.79 Å². The highest BCUT2D eigenvalue weighted by Gasteiger charge is 2.45. The van der Waals surface area contributed by atoms with Crippen LogP contribution in [0.15, 0.2) is 0 Å². The lowest BCUT2D eigenvalue weighted by atomic mass is 9.78. The van der Waals surface area contributed by atoms with E-state index in [-0.39, 0.29) is 5.91 Å². The van der Waals surface area contributed by atoms with Crippen molar-refractivity contribution in [2.24, 2.45) is 5.41 Å². The molecule has 2 aliphatic heterocycles. The van der Waals surface area contributed by atoms with Crippen LogP contribution in [0.25, 0.3) is 0 Å². The van der Waals surface area contributed by atoms with Crippen LogP contribution in [-0.4, -0.2) is 72.8 Å². The van der Waals surface area contributed by atoms with Crippen molar-refractivity contribution in [2.75, 3.05) is 44.9 Å². The van der Waals surface area contributed by atoms with E-state index in [4.69, 9.17) is 4.74 Å². The number of amides is 1. The Hall–Kier alpha value is -0.790. The van der Waals surface area contributed by atoms with Crippen molar-refractivity contribution in [2.45, 2.75) is 18.9 Å². The molecule has 2 saturated heterocycles. The van der Waals surface area contributed by atoms with Gasteiger partial charge in [-0.2, -0.15) is 11.8 Å². The largest absolute Gasteiger partial charge is 0.480 e. The Morgan fingerprint density at radius 3 is 2.75 bits per heavy atom. The molecule has 0 radical (unpaired) electrons. The zero-order chi connectivity index (χ0) is 14.6. The fourth-order valence-electron chi connectivity index (χ4n) is 2.96. The maximum absolute atomic E-state index is 12.9. The van der Waals surface area contributed by atoms with Crippen LogP contribution < -0.4 is 5.32 Å². The summed E-state index contributed by atoms with van der Waals surface area (Å²) in [5.74, 6) is 0.319. The molecule has 0 spiro atoms. The lowest BCUT2D eigenvalue weighted by Crippen LogP contribution is -2.58. The molecule has 0 aromatic carbocycles. The fourth-order valence-corrected chi connectivity index (χ4v) is 4.00. The summed E-state index contributed by atoms with van der Waals surface area (Å²) in [6.45, 7) is 2.42. The van der Waals surface area contributed by atoms with Gasteiger partial charge in [0.15, 0.2) is 0 Å². The molecule has 2 rings (SSSR count). The van der Waals surface area contributed by atoms with Gasteiger partial charge >= 0.3 is 5.97 Å². The van der Waals surface area contributed by atoms with E-state index in [0.29, 0.717) is 31.7 Å². The van der Waals surface area contributed by atoms with Crippen LogP contribution in [0.2, 0.25) is 0 Å². The molecule has 2 heterocycles. The highest BCUT2D eigenvalue weighted by Crippen LogP contribution is 2.33. The summed E-state index contributed by atoms with van der Waals surface area (Å²) >= 11 is 1.59. The summed E-state index contributed by atoms with van der Waals surface area (Å²) in [5, 5.41) is 12.6. The summed E-state index contributed by atoms with van der Waals surface area (Å²) in [7, 11) is 1.60. The second kappa shape index (κ2) is 6.78. The van der Waals surface area contributed by atoms with Crippen LogP contribution in [0.4, 0.5) is 0 Å². The Balaban J connectivity index is 2.18. The second-order valence-electron chi connectivity index (χ2n) is 5.39. The van der Waals surface area contributed by atoms with Gasteiger partial charge in [0.1, 0.15) is 6.04 Å². The van der Waals surface area contributed by atoms with E-state index in [2.05, 4.69) is 5.32 Å². The molecule has 0 aliphatic carbocycles. The third-order valence-electron chi connectivity index (χ3n) is 4.11. The van der Waals surface area contributed by atoms with Gasteiger partial charge in [0.05, 0.1) is 12.0 Å². The zero-order valence-corrected chi connectivity index (χ0v) is 12.6. The van der Waals surface area contributed by atoms with Crippen molar-refractivity contribution in [1.29, 1.82) is 0 Å². The standard InChI is InChI=1S/C13H22N2O4S/c1-19-9-13(2-4-14-5-3-13)12(18)15-6-7-20-8-10(15)11(16)17/h10,14H,2-9H2,1H3,(H,16,17). The molecule has 0 bridgehead atoms. The van der Waals surface area contributed by atoms with Gasteiger partial charge in [-0.25, -0.2) is 4.79 Å². The van der Waals surface area contributed by atoms with Crippen LogP contribution in [-0.2, 0) is 14.3 Å². The first-order valence-corrected chi connectivity index (χ1v) is 8.07. The molecule has 1 amide bonds. The molecule has 114 valence electrons. The molecule has 7 heteroatoms. The second-order valence-corrected chi connectivity index (χ2v) is 6.54. The van der Waals surface area contributed by atoms with Gasteiger partial charge in [0.25, 0.3) is 0 Å². The fraction of sp³-hybridized carbons (Fsp3) is 0.846. The van der Waals surface area contributed by atoms with Crippen LogP contribution in [0.1, 0.15) is 12.8 Å². The number of aliphatic carboxylic acids is 1. The smallest absolute Gasteiger partial charge is 0.327 e. The number of ether oxygens (including phenoxy) is 1. The number of piperidine rings is 1. The third-order valence-corrected chi connectivity index (χ3v) is 5.13. The Morgan fingerprint density at radius 2 is 2.15 bits per heavy atom. The Labute approximate surface area is 123 Å². The first-order valence-electron chi connectivity index (χ1n) is 6.92. The number of nitrogens with one attached hydrogen (secondary N) is 1. The maximum Gasteiger partial charge on any atom is 0.327 e. The number of methoxy groups -OCH3 is 1. The van der Waals surface area contributed by atoms with Crippen LogP contribution >= 0.6 is 11.8 Å². The van der Waals surface area contributed by atoms with Crippen LogP contribution in [0.3, 0.4) is 0 Å². The highest BCUT2D eigenvalue weighted by atomic mass is 32.2. The first-order chi connectivity index (χ1) is 9.60. The summed E-state index contributed by atoms with van der Waals surface area (Å²) < 4.78 is 5.26. The van der Waals surface area contributed by atoms with E-state index >= 15 is 0 Å². The molecule has 6 nitrogen and oxygen atoms in total. The number of carboxylic acid groups (broad SMARTS) is 1. The molecule has 2 aliphatic rings. The average molecular weight is 302 g/mol. The van der Waals surface area contributed by atoms with Crippen molar-refractivity contribution in [3.8, 4) is 0 Å². The number of hydrogen-bond acceptors (Lipinski definition) is 5. The Morgan fingerprint density at radius 1 is 1.45 bits per heavy atom. The van der Waals surface area contributed by atoms with Gasteiger partial charge in [-0.1, -0.05) is 0 Å². The molecule has 0 saturated carbocycles. The van der Waals surface area contributed by atoms with Crippen LogP contribution in [0, 0.1) is 5.41 Å². The summed E-state index contributed by atoms with van der Waals surface area (Å²) in [6, 6.07) is -0.704. The molecule has 20 heavy (non-hydrogen) atoms. The molecule has 1 atom stereocenters. The van der Waals surface area contributed by atoms with Crippen molar-refractivity contribution >= 4 is 23.6 Å². The number of carboxylic acids is 1. The number of hydrogen-bond donors (Lipinski definition) is 2. The number of nitrogens with zero attached hydrogens (tertiary/aromatic N) is 1. The average Bonchev–Trinajstić information content (AvgIpc) is 2.47. The van der Waals surface area contributed by atoms with Gasteiger partial charge in [0.2, 0.25) is 5.91 Å².